The maximum Gasteiger partial charge on any atom is 2.00 e. The van der Waals surface area contributed by atoms with Gasteiger partial charge in [-0.1, -0.05) is 11.5 Å². The molecule has 64 valence electrons. The van der Waals surface area contributed by atoms with Gasteiger partial charge in [-0.05, 0) is 6.92 Å². The van der Waals surface area contributed by atoms with Crippen LogP contribution in [0.15, 0.2) is 18.2 Å². The van der Waals surface area contributed by atoms with Gasteiger partial charge in [0.2, 0.25) is 0 Å². The van der Waals surface area contributed by atoms with E-state index in [1.807, 2.05) is 19.1 Å². The van der Waals surface area contributed by atoms with Gasteiger partial charge in [0.15, 0.2) is 0 Å². The second-order valence-corrected chi connectivity index (χ2v) is 2.02. The van der Waals surface area contributed by atoms with Crippen LogP contribution in [0.2, 0.25) is 0 Å². The quantitative estimate of drug-likeness (QED) is 0.334. The molecule has 0 radical (unpaired) electrons. The molecule has 0 N–H and O–H groups in total. The fraction of sp³-hybridized carbons (Fsp3) is 0.200. The van der Waals surface area contributed by atoms with Crippen LogP contribution in [0.3, 0.4) is 0 Å². The number of rotatable bonds is 1. The zero-order valence-electron chi connectivity index (χ0n) is 7.73. The van der Waals surface area contributed by atoms with E-state index in [1.165, 1.54) is 0 Å². The van der Waals surface area contributed by atoms with E-state index in [0.29, 0.717) is 0 Å². The maximum atomic E-state index is 4.98. The Morgan fingerprint density at radius 3 is 2.69 bits per heavy atom. The van der Waals surface area contributed by atoms with Crippen molar-refractivity contribution in [2.24, 2.45) is 0 Å². The molecular weight excluding hydrogens is 240 g/mol. The van der Waals surface area contributed by atoms with Crippen molar-refractivity contribution >= 4 is 23.1 Å². The zero-order valence-corrected chi connectivity index (χ0v) is 10.7. The van der Waals surface area contributed by atoms with Crippen molar-refractivity contribution < 1.29 is 21.7 Å². The number of halogens is 1. The van der Waals surface area contributed by atoms with Crippen molar-refractivity contribution in [1.29, 1.82) is 0 Å². The fourth-order valence-electron chi connectivity index (χ4n) is 0.785. The largest absolute Gasteiger partial charge is 2.00 e. The van der Waals surface area contributed by atoms with Crippen LogP contribution in [-0.4, -0.2) is 30.2 Å². The van der Waals surface area contributed by atoms with Gasteiger partial charge in [0.1, 0.15) is 0 Å². The van der Waals surface area contributed by atoms with E-state index in [2.05, 4.69) is 17.9 Å². The third-order valence-corrected chi connectivity index (χ3v) is 1.26. The molecule has 1 rings (SSSR count). The maximum absolute atomic E-state index is 4.98. The van der Waals surface area contributed by atoms with Crippen LogP contribution in [0.4, 0.5) is 0 Å². The summed E-state index contributed by atoms with van der Waals surface area (Å²) in [6, 6.07) is 8.49. The summed E-state index contributed by atoms with van der Waals surface area (Å²) in [6.45, 7) is 1.81. The number of benzene rings is 1. The minimum Gasteiger partial charge on any atom is -1.00 e. The third-order valence-electron chi connectivity index (χ3n) is 1.26. The molecule has 0 amide bonds. The molecule has 0 saturated heterocycles. The minimum absolute atomic E-state index is 0. The molecule has 1 aromatic carbocycles. The van der Waals surface area contributed by atoms with Gasteiger partial charge < -0.3 is 21.7 Å². The second-order valence-electron chi connectivity index (χ2n) is 2.02. The molecule has 0 aromatic heterocycles. The molecule has 0 saturated carbocycles. The molecule has 13 heavy (non-hydrogen) atoms. The molecule has 0 heterocycles. The third kappa shape index (κ3) is 5.19. The van der Waals surface area contributed by atoms with Gasteiger partial charge in [-0.25, -0.2) is 0 Å². The van der Waals surface area contributed by atoms with E-state index in [-0.39, 0.29) is 40.0 Å². The Hall–Kier alpha value is -0.174. The van der Waals surface area contributed by atoms with E-state index in [0.717, 1.165) is 11.3 Å². The topological polar surface area (TPSA) is 9.23 Å². The fourth-order valence-corrected chi connectivity index (χ4v) is 0.785. The number of hydrogen-bond acceptors (Lipinski definition) is 1. The van der Waals surface area contributed by atoms with Crippen molar-refractivity contribution in [2.45, 2.75) is 6.92 Å². The molecule has 0 unspecified atom stereocenters. The van der Waals surface area contributed by atoms with E-state index >= 15 is 0 Å². The Labute approximate surface area is 106 Å². The first-order valence-corrected chi connectivity index (χ1v) is 3.35. The van der Waals surface area contributed by atoms with Crippen LogP contribution in [0.25, 0.3) is 0 Å². The summed E-state index contributed by atoms with van der Waals surface area (Å²) in [5, 5.41) is 0. The van der Waals surface area contributed by atoms with Gasteiger partial charge in [-0.2, -0.15) is 12.1 Å². The Kier molecular flexibility index (Phi) is 9.92. The monoisotopic (exact) mass is 248 g/mol. The summed E-state index contributed by atoms with van der Waals surface area (Å²) >= 11 is 0. The average Bonchev–Trinajstić information content (AvgIpc) is 2.06. The van der Waals surface area contributed by atoms with Crippen LogP contribution in [-0.2, 0) is 0 Å². The molecule has 0 aliphatic carbocycles. The summed E-state index contributed by atoms with van der Waals surface area (Å²) in [4.78, 5) is 0. The number of ether oxygens (including phenoxy) is 1. The Morgan fingerprint density at radius 1 is 1.46 bits per heavy atom. The van der Waals surface area contributed by atoms with Crippen LogP contribution >= 0.6 is 0 Å². The minimum atomic E-state index is 0. The predicted molar refractivity (Wildman–Crippen MR) is 50.1 cm³/mol. The molecule has 0 spiro atoms. The van der Waals surface area contributed by atoms with E-state index in [4.69, 9.17) is 4.74 Å². The van der Waals surface area contributed by atoms with Gasteiger partial charge in [0.05, 0.1) is 7.11 Å². The first-order valence-electron chi connectivity index (χ1n) is 3.35. The van der Waals surface area contributed by atoms with Crippen LogP contribution < -0.4 is 21.7 Å². The Bertz CT molecular complexity index is 301. The summed E-state index contributed by atoms with van der Waals surface area (Å²) in [5.41, 5.74) is 0.961. The van der Waals surface area contributed by atoms with Crippen molar-refractivity contribution in [2.75, 3.05) is 7.11 Å². The van der Waals surface area contributed by atoms with E-state index in [9.17, 15) is 0 Å². The zero-order chi connectivity index (χ0) is 8.10. The Balaban J connectivity index is 0. The average molecular weight is 249 g/mol. The van der Waals surface area contributed by atoms with Crippen molar-refractivity contribution in [3.05, 3.63) is 29.8 Å². The van der Waals surface area contributed by atoms with Gasteiger partial charge in [0, 0.05) is 5.75 Å². The van der Waals surface area contributed by atoms with Gasteiger partial charge in [-0.15, -0.1) is 18.1 Å². The summed E-state index contributed by atoms with van der Waals surface area (Å²) in [7, 11) is 1.62. The molecule has 0 aliphatic heterocycles. The SMILES string of the molecule is CC#Cc1cc[c-]c(OC)c1.[Br-].[Mg+2]. The standard InChI is InChI=1S/C10H9O.BrH.Mg/c1-3-5-9-6-4-7-10(8-9)11-2;;/h4,6,8H,1-2H3;1H;/q-1;;+2/p-1. The first-order chi connectivity index (χ1) is 5.36. The van der Waals surface area contributed by atoms with Gasteiger partial charge >= 0.3 is 23.1 Å². The molecule has 0 fully saturated rings. The first kappa shape index (κ1) is 15.3. The van der Waals surface area contributed by atoms with E-state index in [1.54, 1.807) is 13.2 Å². The van der Waals surface area contributed by atoms with Crippen LogP contribution in [0.5, 0.6) is 5.75 Å². The smallest absolute Gasteiger partial charge is 1.00 e. The summed E-state index contributed by atoms with van der Waals surface area (Å²) in [5.74, 6) is 6.48. The molecule has 0 aliphatic rings. The summed E-state index contributed by atoms with van der Waals surface area (Å²) < 4.78 is 4.98. The Morgan fingerprint density at radius 2 is 2.15 bits per heavy atom. The number of hydrogen-bond donors (Lipinski definition) is 0. The molecule has 0 bridgehead atoms. The van der Waals surface area contributed by atoms with Crippen molar-refractivity contribution in [3.63, 3.8) is 0 Å². The number of methoxy groups -OCH3 is 1. The van der Waals surface area contributed by atoms with Crippen molar-refractivity contribution in [1.82, 2.24) is 0 Å². The van der Waals surface area contributed by atoms with E-state index < -0.39 is 0 Å². The summed E-state index contributed by atoms with van der Waals surface area (Å²) in [6.07, 6.45) is 0. The van der Waals surface area contributed by atoms with Gasteiger partial charge in [0.25, 0.3) is 0 Å². The van der Waals surface area contributed by atoms with Gasteiger partial charge in [-0.3, -0.25) is 0 Å². The molecule has 3 heteroatoms. The molecule has 0 atom stereocenters. The second kappa shape index (κ2) is 8.43. The molecule has 1 aromatic rings. The molecular formula is C10H9BrMgO. The molecule has 1 nitrogen and oxygen atoms in total. The van der Waals surface area contributed by atoms with Crippen molar-refractivity contribution in [3.8, 4) is 17.6 Å². The van der Waals surface area contributed by atoms with Crippen LogP contribution in [0.1, 0.15) is 12.5 Å². The predicted octanol–water partition coefficient (Wildman–Crippen LogP) is -1.51. The normalized spacial score (nSPS) is 6.92. The van der Waals surface area contributed by atoms with Crippen LogP contribution in [0, 0.1) is 17.9 Å².